The molecule has 0 heterocycles. The summed E-state index contributed by atoms with van der Waals surface area (Å²) in [4.78, 5) is 38.1. The summed E-state index contributed by atoms with van der Waals surface area (Å²) in [5.74, 6) is 0.0742. The fraction of sp³-hybridized carbons (Fsp3) is 0.952. The Morgan fingerprint density at radius 1 is 0.294 bits per heavy atom. The predicted molar refractivity (Wildman–Crippen MR) is 293 cm³/mol. The molecule has 0 aromatic heterocycles. The third kappa shape index (κ3) is 53.8. The first kappa shape index (κ1) is 66.4. The normalized spacial score (nSPS) is 12.4. The summed E-state index contributed by atoms with van der Waals surface area (Å²) in [7, 11) is 0. The van der Waals surface area contributed by atoms with Crippen molar-refractivity contribution < 1.29 is 28.6 Å². The van der Waals surface area contributed by atoms with E-state index in [2.05, 4.69) is 27.7 Å². The summed E-state index contributed by atoms with van der Waals surface area (Å²) in [5.41, 5.74) is 0. The van der Waals surface area contributed by atoms with Gasteiger partial charge in [-0.25, -0.2) is 0 Å². The van der Waals surface area contributed by atoms with Crippen molar-refractivity contribution in [3.05, 3.63) is 0 Å². The molecule has 0 fully saturated rings. The van der Waals surface area contributed by atoms with Crippen molar-refractivity contribution in [3.8, 4) is 0 Å². The summed E-state index contributed by atoms with van der Waals surface area (Å²) in [6.07, 6.45) is 62.5. The van der Waals surface area contributed by atoms with Gasteiger partial charge in [0.1, 0.15) is 13.2 Å². The maximum atomic E-state index is 12.9. The molecule has 2 atom stereocenters. The molecule has 0 aliphatic carbocycles. The van der Waals surface area contributed by atoms with Gasteiger partial charge in [-0.05, 0) is 25.2 Å². The van der Waals surface area contributed by atoms with Crippen LogP contribution in [0.2, 0.25) is 0 Å². The van der Waals surface area contributed by atoms with Crippen molar-refractivity contribution in [2.24, 2.45) is 5.92 Å². The van der Waals surface area contributed by atoms with Crippen molar-refractivity contribution in [2.45, 2.75) is 361 Å². The SMILES string of the molecule is CCCCCCCCCCCCCCCCCCCCCC(=O)OC[C@H](COC(=O)CCCCCCCCCCC)OC(=O)CCCCCCCCCCCCCCCCCCCCC(C)CC. The van der Waals surface area contributed by atoms with Crippen LogP contribution in [0.15, 0.2) is 0 Å². The highest BCUT2D eigenvalue weighted by molar-refractivity contribution is 5.71. The second-order valence-electron chi connectivity index (χ2n) is 21.6. The molecule has 404 valence electrons. The number of esters is 3. The molecular weight excluding hydrogens is 841 g/mol. The van der Waals surface area contributed by atoms with E-state index in [9.17, 15) is 14.4 Å². The molecule has 0 aromatic rings. The molecule has 0 saturated carbocycles. The molecule has 6 nitrogen and oxygen atoms in total. The summed E-state index contributed by atoms with van der Waals surface area (Å²) in [5, 5.41) is 0. The Morgan fingerprint density at radius 3 is 0.765 bits per heavy atom. The highest BCUT2D eigenvalue weighted by Gasteiger charge is 2.19. The van der Waals surface area contributed by atoms with Gasteiger partial charge in [-0.15, -0.1) is 0 Å². The van der Waals surface area contributed by atoms with Gasteiger partial charge in [0.05, 0.1) is 0 Å². The van der Waals surface area contributed by atoms with Crippen LogP contribution < -0.4 is 0 Å². The molecule has 0 aliphatic heterocycles. The van der Waals surface area contributed by atoms with E-state index in [1.807, 2.05) is 0 Å². The van der Waals surface area contributed by atoms with Crippen LogP contribution >= 0.6 is 0 Å². The van der Waals surface area contributed by atoms with Gasteiger partial charge in [-0.3, -0.25) is 14.4 Å². The second kappa shape index (κ2) is 56.3. The molecule has 68 heavy (non-hydrogen) atoms. The quantitative estimate of drug-likeness (QED) is 0.0343. The van der Waals surface area contributed by atoms with E-state index in [1.165, 1.54) is 250 Å². The first-order valence-electron chi connectivity index (χ1n) is 30.9. The Labute approximate surface area is 425 Å². The van der Waals surface area contributed by atoms with E-state index in [1.54, 1.807) is 0 Å². The van der Waals surface area contributed by atoms with Crippen LogP contribution in [0, 0.1) is 5.92 Å². The predicted octanol–water partition coefficient (Wildman–Crippen LogP) is 20.6. The summed E-state index contributed by atoms with van der Waals surface area (Å²) in [6, 6.07) is 0. The molecule has 0 spiro atoms. The highest BCUT2D eigenvalue weighted by atomic mass is 16.6. The van der Waals surface area contributed by atoms with Crippen LogP contribution in [-0.2, 0) is 28.6 Å². The molecule has 0 amide bonds. The number of hydrogen-bond donors (Lipinski definition) is 0. The minimum absolute atomic E-state index is 0.0617. The van der Waals surface area contributed by atoms with Gasteiger partial charge < -0.3 is 14.2 Å². The van der Waals surface area contributed by atoms with Crippen molar-refractivity contribution in [1.82, 2.24) is 0 Å². The van der Waals surface area contributed by atoms with E-state index in [0.29, 0.717) is 19.3 Å². The Hall–Kier alpha value is -1.59. The third-order valence-electron chi connectivity index (χ3n) is 14.7. The van der Waals surface area contributed by atoms with Crippen molar-refractivity contribution in [2.75, 3.05) is 13.2 Å². The molecule has 1 unspecified atom stereocenters. The van der Waals surface area contributed by atoms with Gasteiger partial charge in [0.2, 0.25) is 0 Å². The zero-order valence-corrected chi connectivity index (χ0v) is 46.6. The third-order valence-corrected chi connectivity index (χ3v) is 14.7. The Kier molecular flexibility index (Phi) is 55.0. The van der Waals surface area contributed by atoms with Crippen LogP contribution in [0.1, 0.15) is 355 Å². The number of ether oxygens (including phenoxy) is 3. The van der Waals surface area contributed by atoms with Crippen LogP contribution in [0.3, 0.4) is 0 Å². The minimum atomic E-state index is -0.761. The van der Waals surface area contributed by atoms with Crippen LogP contribution in [-0.4, -0.2) is 37.2 Å². The summed E-state index contributed by atoms with van der Waals surface area (Å²) in [6.45, 7) is 9.10. The average molecular weight is 962 g/mol. The van der Waals surface area contributed by atoms with E-state index in [-0.39, 0.29) is 31.1 Å². The van der Waals surface area contributed by atoms with Crippen molar-refractivity contribution in [1.29, 1.82) is 0 Å². The van der Waals surface area contributed by atoms with Gasteiger partial charge in [-0.1, -0.05) is 317 Å². The number of rotatable bonds is 57. The molecule has 0 bridgehead atoms. The van der Waals surface area contributed by atoms with Gasteiger partial charge in [0.15, 0.2) is 6.10 Å². The van der Waals surface area contributed by atoms with Gasteiger partial charge in [-0.2, -0.15) is 0 Å². The van der Waals surface area contributed by atoms with Crippen molar-refractivity contribution >= 4 is 17.9 Å². The molecule has 0 aliphatic rings. The molecule has 0 N–H and O–H groups in total. The zero-order chi connectivity index (χ0) is 49.5. The average Bonchev–Trinajstić information content (AvgIpc) is 3.34. The molecule has 0 radical (unpaired) electrons. The Bertz CT molecular complexity index is 1030. The lowest BCUT2D eigenvalue weighted by molar-refractivity contribution is -0.167. The Morgan fingerprint density at radius 2 is 0.515 bits per heavy atom. The Balaban J connectivity index is 4.16. The highest BCUT2D eigenvalue weighted by Crippen LogP contribution is 2.19. The molecule has 0 rings (SSSR count). The topological polar surface area (TPSA) is 78.9 Å². The first-order valence-corrected chi connectivity index (χ1v) is 30.9. The smallest absolute Gasteiger partial charge is 0.306 e. The summed E-state index contributed by atoms with van der Waals surface area (Å²) >= 11 is 0. The van der Waals surface area contributed by atoms with Crippen molar-refractivity contribution in [3.63, 3.8) is 0 Å². The van der Waals surface area contributed by atoms with Gasteiger partial charge in [0.25, 0.3) is 0 Å². The first-order chi connectivity index (χ1) is 33.4. The monoisotopic (exact) mass is 961 g/mol. The van der Waals surface area contributed by atoms with Crippen LogP contribution in [0.5, 0.6) is 0 Å². The van der Waals surface area contributed by atoms with Crippen LogP contribution in [0.4, 0.5) is 0 Å². The van der Waals surface area contributed by atoms with E-state index >= 15 is 0 Å². The fourth-order valence-electron chi connectivity index (χ4n) is 9.60. The largest absolute Gasteiger partial charge is 0.462 e. The van der Waals surface area contributed by atoms with Gasteiger partial charge in [0, 0.05) is 19.3 Å². The van der Waals surface area contributed by atoms with E-state index in [0.717, 1.165) is 63.7 Å². The number of unbranched alkanes of at least 4 members (excludes halogenated alkanes) is 43. The standard InChI is InChI=1S/C62H120O6/c1-5-8-10-12-14-16-17-18-19-20-21-25-28-31-34-38-42-46-50-54-61(64)67-57-59(56-66-60(63)53-49-45-41-36-15-13-11-9-6-2)68-62(65)55-51-47-43-39-35-32-29-26-23-22-24-27-30-33-37-40-44-48-52-58(4)7-3/h58-59H,5-57H2,1-4H3/t58?,59-/m0/s1. The lowest BCUT2D eigenvalue weighted by atomic mass is 9.99. The lowest BCUT2D eigenvalue weighted by Gasteiger charge is -2.18. The minimum Gasteiger partial charge on any atom is -0.462 e. The fourth-order valence-corrected chi connectivity index (χ4v) is 9.60. The number of hydrogen-bond acceptors (Lipinski definition) is 6. The summed E-state index contributed by atoms with van der Waals surface area (Å²) < 4.78 is 16.9. The molecule has 0 aromatic carbocycles. The molecular formula is C62H120O6. The van der Waals surface area contributed by atoms with E-state index < -0.39 is 6.10 Å². The second-order valence-corrected chi connectivity index (χ2v) is 21.6. The van der Waals surface area contributed by atoms with E-state index in [4.69, 9.17) is 14.2 Å². The molecule has 0 saturated heterocycles. The number of carbonyl (C=O) groups excluding carboxylic acids is 3. The molecule has 6 heteroatoms. The lowest BCUT2D eigenvalue weighted by Crippen LogP contribution is -2.30. The maximum absolute atomic E-state index is 12.9. The number of carbonyl (C=O) groups is 3. The zero-order valence-electron chi connectivity index (χ0n) is 46.6. The maximum Gasteiger partial charge on any atom is 0.306 e. The van der Waals surface area contributed by atoms with Crippen LogP contribution in [0.25, 0.3) is 0 Å². The van der Waals surface area contributed by atoms with Gasteiger partial charge >= 0.3 is 17.9 Å².